The lowest BCUT2D eigenvalue weighted by molar-refractivity contribution is -0.155. The van der Waals surface area contributed by atoms with Gasteiger partial charge in [0.2, 0.25) is 11.2 Å². The Kier molecular flexibility index (Phi) is 6.45. The largest absolute Gasteiger partial charge is 0.479 e. The molecule has 30 heavy (non-hydrogen) atoms. The van der Waals surface area contributed by atoms with Crippen LogP contribution < -0.4 is 14.9 Å². The van der Waals surface area contributed by atoms with Crippen molar-refractivity contribution in [1.82, 2.24) is 0 Å². The Morgan fingerprint density at radius 3 is 2.40 bits per heavy atom. The Labute approximate surface area is 175 Å². The molecule has 2 aromatic carbocycles. The summed E-state index contributed by atoms with van der Waals surface area (Å²) in [6.07, 6.45) is 1.06. The lowest BCUT2D eigenvalue weighted by Gasteiger charge is -2.17. The first-order chi connectivity index (χ1) is 14.3. The molecule has 0 radical (unpaired) electrons. The van der Waals surface area contributed by atoms with E-state index < -0.39 is 12.1 Å². The van der Waals surface area contributed by atoms with E-state index in [9.17, 15) is 9.59 Å². The van der Waals surface area contributed by atoms with Gasteiger partial charge in [-0.15, -0.1) is 0 Å². The van der Waals surface area contributed by atoms with Gasteiger partial charge in [0.1, 0.15) is 23.3 Å². The molecule has 3 rings (SSSR count). The van der Waals surface area contributed by atoms with E-state index in [1.54, 1.807) is 25.1 Å². The van der Waals surface area contributed by atoms with E-state index in [1.807, 2.05) is 45.9 Å². The summed E-state index contributed by atoms with van der Waals surface area (Å²) in [7, 11) is 0. The Morgan fingerprint density at radius 1 is 1.03 bits per heavy atom. The molecule has 0 saturated carbocycles. The number of rotatable bonds is 7. The first-order valence-corrected chi connectivity index (χ1v) is 9.95. The van der Waals surface area contributed by atoms with Crippen LogP contribution >= 0.6 is 0 Å². The molecule has 158 valence electrons. The Morgan fingerprint density at radius 2 is 1.73 bits per heavy atom. The van der Waals surface area contributed by atoms with Gasteiger partial charge in [0.05, 0.1) is 11.5 Å². The number of ether oxygens (including phenoxy) is 3. The molecule has 0 aliphatic heterocycles. The topological polar surface area (TPSA) is 75.0 Å². The minimum atomic E-state index is -0.782. The van der Waals surface area contributed by atoms with E-state index in [-0.39, 0.29) is 17.3 Å². The maximum atomic E-state index is 12.8. The molecule has 2 atom stereocenters. The number of carbonyl (C=O) groups excluding carboxylic acids is 1. The number of esters is 1. The Balaban J connectivity index is 1.80. The predicted molar refractivity (Wildman–Crippen MR) is 114 cm³/mol. The van der Waals surface area contributed by atoms with E-state index in [0.717, 1.165) is 17.5 Å². The zero-order valence-electron chi connectivity index (χ0n) is 17.9. The van der Waals surface area contributed by atoms with Crippen LogP contribution in [0.15, 0.2) is 51.9 Å². The Hall–Kier alpha value is -3.28. The summed E-state index contributed by atoms with van der Waals surface area (Å²) in [5, 5.41) is 0.360. The lowest BCUT2D eigenvalue weighted by Crippen LogP contribution is -2.29. The third kappa shape index (κ3) is 5.00. The van der Waals surface area contributed by atoms with Crippen molar-refractivity contribution >= 4 is 16.9 Å². The highest BCUT2D eigenvalue weighted by molar-refractivity contribution is 5.79. The molecular weight excluding hydrogens is 384 g/mol. The van der Waals surface area contributed by atoms with Crippen molar-refractivity contribution in [2.45, 2.75) is 53.2 Å². The minimum absolute atomic E-state index is 0.103. The van der Waals surface area contributed by atoms with Crippen LogP contribution in [-0.4, -0.2) is 18.2 Å². The number of hydrogen-bond acceptors (Lipinski definition) is 6. The average Bonchev–Trinajstić information content (AvgIpc) is 2.69. The first-order valence-electron chi connectivity index (χ1n) is 9.95. The normalized spacial score (nSPS) is 13.0. The van der Waals surface area contributed by atoms with Gasteiger partial charge in [-0.05, 0) is 69.5 Å². The van der Waals surface area contributed by atoms with Crippen molar-refractivity contribution in [2.75, 3.05) is 0 Å². The molecule has 0 aliphatic carbocycles. The highest BCUT2D eigenvalue weighted by Crippen LogP contribution is 2.26. The summed E-state index contributed by atoms with van der Waals surface area (Å²) >= 11 is 0. The van der Waals surface area contributed by atoms with Crippen molar-refractivity contribution < 1.29 is 23.4 Å². The van der Waals surface area contributed by atoms with E-state index >= 15 is 0 Å². The average molecular weight is 410 g/mol. The fourth-order valence-electron chi connectivity index (χ4n) is 2.98. The fourth-order valence-corrected chi connectivity index (χ4v) is 2.98. The molecule has 0 unspecified atom stereocenters. The summed E-state index contributed by atoms with van der Waals surface area (Å²) in [5.41, 5.74) is 2.13. The monoisotopic (exact) mass is 410 g/mol. The maximum Gasteiger partial charge on any atom is 0.347 e. The second-order valence-corrected chi connectivity index (χ2v) is 7.43. The maximum absolute atomic E-state index is 12.8. The molecular formula is C24H26O6. The summed E-state index contributed by atoms with van der Waals surface area (Å²) in [6, 6.07) is 10.5. The number of fused-ring (bicyclic) bond motifs is 1. The predicted octanol–water partition coefficient (Wildman–Crippen LogP) is 5.31. The minimum Gasteiger partial charge on any atom is -0.479 e. The standard InChI is InChI=1S/C24H26O6/c1-6-16(4)28-24(26)17(5)29-18-7-8-20-21(12-18)27-13-22(23(20)25)30-19-10-14(2)9-15(3)11-19/h7-13,16-17H,6H2,1-5H3/t16-,17-/m1/s1. The van der Waals surface area contributed by atoms with E-state index in [4.69, 9.17) is 18.6 Å². The van der Waals surface area contributed by atoms with Gasteiger partial charge in [0.25, 0.3) is 0 Å². The van der Waals surface area contributed by atoms with Gasteiger partial charge < -0.3 is 18.6 Å². The molecule has 0 spiro atoms. The van der Waals surface area contributed by atoms with E-state index in [0.29, 0.717) is 22.5 Å². The van der Waals surface area contributed by atoms with Crippen molar-refractivity contribution in [1.29, 1.82) is 0 Å². The summed E-state index contributed by atoms with van der Waals surface area (Å²) in [5.74, 6) is 0.643. The number of carbonyl (C=O) groups is 1. The van der Waals surface area contributed by atoms with Crippen LogP contribution in [0, 0.1) is 13.8 Å². The van der Waals surface area contributed by atoms with Crippen molar-refractivity contribution in [3.8, 4) is 17.2 Å². The smallest absolute Gasteiger partial charge is 0.347 e. The van der Waals surface area contributed by atoms with Crippen LogP contribution in [0.25, 0.3) is 11.0 Å². The highest BCUT2D eigenvalue weighted by Gasteiger charge is 2.19. The molecule has 0 bridgehead atoms. The first kappa shape index (κ1) is 21.4. The number of benzene rings is 2. The molecule has 6 nitrogen and oxygen atoms in total. The molecule has 0 fully saturated rings. The summed E-state index contributed by atoms with van der Waals surface area (Å²) in [6.45, 7) is 9.31. The molecule has 0 N–H and O–H groups in total. The van der Waals surface area contributed by atoms with Gasteiger partial charge in [-0.2, -0.15) is 0 Å². The second-order valence-electron chi connectivity index (χ2n) is 7.43. The molecule has 3 aromatic rings. The third-order valence-corrected chi connectivity index (χ3v) is 4.67. The molecule has 0 saturated heterocycles. The van der Waals surface area contributed by atoms with E-state index in [2.05, 4.69) is 0 Å². The quantitative estimate of drug-likeness (QED) is 0.491. The number of hydrogen-bond donors (Lipinski definition) is 0. The zero-order chi connectivity index (χ0) is 21.8. The zero-order valence-corrected chi connectivity index (χ0v) is 17.9. The SMILES string of the molecule is CC[C@@H](C)OC(=O)[C@@H](C)Oc1ccc2c(=O)c(Oc3cc(C)cc(C)c3)coc2c1. The van der Waals surface area contributed by atoms with Crippen molar-refractivity contribution in [2.24, 2.45) is 0 Å². The molecule has 0 aliphatic rings. The van der Waals surface area contributed by atoms with Gasteiger partial charge in [-0.3, -0.25) is 4.79 Å². The molecule has 6 heteroatoms. The van der Waals surface area contributed by atoms with Crippen LogP contribution in [0.2, 0.25) is 0 Å². The van der Waals surface area contributed by atoms with Gasteiger partial charge in [-0.1, -0.05) is 13.0 Å². The van der Waals surface area contributed by atoms with Gasteiger partial charge in [-0.25, -0.2) is 4.79 Å². The molecule has 1 heterocycles. The van der Waals surface area contributed by atoms with Crippen LogP contribution in [-0.2, 0) is 9.53 Å². The van der Waals surface area contributed by atoms with Gasteiger partial charge >= 0.3 is 5.97 Å². The fraction of sp³-hybridized carbons (Fsp3) is 0.333. The van der Waals surface area contributed by atoms with Gasteiger partial charge in [0.15, 0.2) is 6.10 Å². The third-order valence-electron chi connectivity index (χ3n) is 4.67. The van der Waals surface area contributed by atoms with Crippen LogP contribution in [0.1, 0.15) is 38.3 Å². The van der Waals surface area contributed by atoms with Crippen LogP contribution in [0.3, 0.4) is 0 Å². The van der Waals surface area contributed by atoms with Gasteiger partial charge in [0, 0.05) is 6.07 Å². The number of aryl methyl sites for hydroxylation is 2. The summed E-state index contributed by atoms with van der Waals surface area (Å²) < 4.78 is 22.3. The van der Waals surface area contributed by atoms with E-state index in [1.165, 1.54) is 6.26 Å². The lowest BCUT2D eigenvalue weighted by atomic mass is 10.1. The van der Waals surface area contributed by atoms with Crippen LogP contribution in [0.5, 0.6) is 17.2 Å². The van der Waals surface area contributed by atoms with Crippen molar-refractivity contribution in [3.05, 3.63) is 64.0 Å². The van der Waals surface area contributed by atoms with Crippen molar-refractivity contribution in [3.63, 3.8) is 0 Å². The highest BCUT2D eigenvalue weighted by atomic mass is 16.6. The second kappa shape index (κ2) is 9.03. The molecule has 1 aromatic heterocycles. The van der Waals surface area contributed by atoms with Crippen LogP contribution in [0.4, 0.5) is 0 Å². The Bertz CT molecular complexity index is 1090. The molecule has 0 amide bonds. The summed E-state index contributed by atoms with van der Waals surface area (Å²) in [4.78, 5) is 24.9.